The molecule has 82 heavy (non-hydrogen) atoms. The Morgan fingerprint density at radius 3 is 1.18 bits per heavy atom. The summed E-state index contributed by atoms with van der Waals surface area (Å²) in [4.78, 5) is 26.6. The number of ether oxygens (including phenoxy) is 3. The topological polar surface area (TPSA) is 175 Å². The van der Waals surface area contributed by atoms with E-state index < -0.39 is 67.4 Å². The molecule has 8 unspecified atom stereocenters. The first kappa shape index (κ1) is 78.2. The highest BCUT2D eigenvalue weighted by molar-refractivity contribution is 5.80. The molecule has 0 saturated carbocycles. The van der Waals surface area contributed by atoms with Crippen molar-refractivity contribution in [2.45, 2.75) is 404 Å². The number of allylic oxidation sites excluding steroid dienone is 3. The summed E-state index contributed by atoms with van der Waals surface area (Å²) in [5.74, 6) is -1.17. The number of aliphatic hydroxyl groups is 5. The van der Waals surface area contributed by atoms with Gasteiger partial charge in [0.05, 0.1) is 25.4 Å². The highest BCUT2D eigenvalue weighted by atomic mass is 16.7. The third kappa shape index (κ3) is 46.4. The zero-order valence-corrected chi connectivity index (χ0v) is 53.9. The Hall–Kier alpha value is -1.86. The van der Waals surface area contributed by atoms with Gasteiger partial charge in [0.25, 0.3) is 0 Å². The molecule has 1 fully saturated rings. The minimum absolute atomic E-state index is 0.129. The van der Waals surface area contributed by atoms with Crippen molar-refractivity contribution in [1.29, 1.82) is 0 Å². The molecule has 0 aromatic carbocycles. The van der Waals surface area contributed by atoms with Crippen molar-refractivity contribution < 1.29 is 49.3 Å². The smallest absolute Gasteiger partial charge is 0.306 e. The second-order valence-electron chi connectivity index (χ2n) is 25.0. The van der Waals surface area contributed by atoms with Crippen molar-refractivity contribution in [3.8, 4) is 0 Å². The lowest BCUT2D eigenvalue weighted by molar-refractivity contribution is -0.305. The molecule has 0 bridgehead atoms. The van der Waals surface area contributed by atoms with Gasteiger partial charge in [0, 0.05) is 6.42 Å². The Balaban J connectivity index is 2.54. The fourth-order valence-corrected chi connectivity index (χ4v) is 11.5. The summed E-state index contributed by atoms with van der Waals surface area (Å²) in [5, 5.41) is 57.2. The third-order valence-electron chi connectivity index (χ3n) is 17.1. The highest BCUT2D eigenvalue weighted by Crippen LogP contribution is 2.26. The molecule has 484 valence electrons. The summed E-state index contributed by atoms with van der Waals surface area (Å²) >= 11 is 0. The second kappa shape index (κ2) is 59.5. The number of unbranched alkanes of at least 4 members (excludes halogenated alkanes) is 46. The normalized spacial score (nSPS) is 18.7. The van der Waals surface area contributed by atoms with E-state index in [0.29, 0.717) is 19.3 Å². The minimum atomic E-state index is -1.61. The van der Waals surface area contributed by atoms with E-state index in [-0.39, 0.29) is 13.0 Å². The molecule has 0 aromatic rings. The maximum atomic E-state index is 13.5. The molecule has 1 saturated heterocycles. The van der Waals surface area contributed by atoms with Gasteiger partial charge in [-0.1, -0.05) is 321 Å². The van der Waals surface area contributed by atoms with Gasteiger partial charge in [-0.25, -0.2) is 0 Å². The van der Waals surface area contributed by atoms with Gasteiger partial charge < -0.3 is 45.1 Å². The fourth-order valence-electron chi connectivity index (χ4n) is 11.5. The Morgan fingerprint density at radius 1 is 0.463 bits per heavy atom. The van der Waals surface area contributed by atoms with Gasteiger partial charge in [0.15, 0.2) is 12.4 Å². The lowest BCUT2D eigenvalue weighted by atomic mass is 9.99. The van der Waals surface area contributed by atoms with Crippen molar-refractivity contribution >= 4 is 11.9 Å². The van der Waals surface area contributed by atoms with E-state index in [1.54, 1.807) is 6.08 Å². The largest absolute Gasteiger partial charge is 0.454 e. The average Bonchev–Trinajstić information content (AvgIpc) is 3.56. The molecule has 0 aliphatic carbocycles. The van der Waals surface area contributed by atoms with E-state index in [0.717, 1.165) is 57.8 Å². The number of hydrogen-bond acceptors (Lipinski definition) is 10. The number of carbonyl (C=O) groups excluding carboxylic acids is 2. The zero-order chi connectivity index (χ0) is 59.6. The van der Waals surface area contributed by atoms with E-state index >= 15 is 0 Å². The lowest BCUT2D eigenvalue weighted by Gasteiger charge is -2.41. The first-order valence-electron chi connectivity index (χ1n) is 35.6. The van der Waals surface area contributed by atoms with Gasteiger partial charge in [-0.2, -0.15) is 0 Å². The Labute approximate surface area is 505 Å². The van der Waals surface area contributed by atoms with E-state index in [2.05, 4.69) is 38.2 Å². The van der Waals surface area contributed by atoms with Crippen molar-refractivity contribution in [3.05, 3.63) is 24.3 Å². The van der Waals surface area contributed by atoms with E-state index in [4.69, 9.17) is 14.2 Å². The van der Waals surface area contributed by atoms with Crippen molar-refractivity contribution in [3.63, 3.8) is 0 Å². The minimum Gasteiger partial charge on any atom is -0.454 e. The molecule has 8 atom stereocenters. The molecule has 11 heteroatoms. The van der Waals surface area contributed by atoms with Gasteiger partial charge in [-0.05, 0) is 51.4 Å². The van der Waals surface area contributed by atoms with Crippen molar-refractivity contribution in [1.82, 2.24) is 5.32 Å². The average molecular weight is 1160 g/mol. The summed E-state index contributed by atoms with van der Waals surface area (Å²) in [7, 11) is 0. The predicted octanol–water partition coefficient (Wildman–Crippen LogP) is 18.0. The van der Waals surface area contributed by atoms with Crippen LogP contribution in [0.3, 0.4) is 0 Å². The van der Waals surface area contributed by atoms with E-state index in [1.807, 2.05) is 6.08 Å². The zero-order valence-electron chi connectivity index (χ0n) is 53.9. The van der Waals surface area contributed by atoms with Crippen LogP contribution in [0.1, 0.15) is 355 Å². The Bertz CT molecular complexity index is 1430. The van der Waals surface area contributed by atoms with Crippen LogP contribution in [0.25, 0.3) is 0 Å². The molecular weight excluding hydrogens is 1030 g/mol. The molecule has 1 heterocycles. The molecule has 6 N–H and O–H groups in total. The molecule has 0 radical (unpaired) electrons. The van der Waals surface area contributed by atoms with E-state index in [1.165, 1.54) is 250 Å². The van der Waals surface area contributed by atoms with Crippen LogP contribution < -0.4 is 5.32 Å². The van der Waals surface area contributed by atoms with Crippen LogP contribution in [0.15, 0.2) is 24.3 Å². The van der Waals surface area contributed by atoms with Crippen molar-refractivity contribution in [2.75, 3.05) is 13.2 Å². The number of rotatable bonds is 62. The quantitative estimate of drug-likeness (QED) is 0.0195. The standard InChI is InChI=1S/C71H135NO10/c1-4-7-10-13-16-19-22-25-27-29-30-31-32-33-34-35-36-37-39-41-44-47-50-53-56-59-66(76)82-69-68(78)67(77)65(60-73)81-71(69)80-61-62(63(74)57-54-51-48-45-42-24-21-18-15-12-9-6-3)72-70(79)64(75)58-55-52-49-46-43-40-38-28-26-23-20-17-14-11-8-5-2/h25,27,54,57,62-65,67-69,71,73-75,77-78H,4-24,26,28-53,55-56,58-61H2,1-3H3,(H,72,79)/b27-25+,57-54+. The number of carbonyl (C=O) groups is 2. The maximum absolute atomic E-state index is 13.5. The third-order valence-corrected chi connectivity index (χ3v) is 17.1. The van der Waals surface area contributed by atoms with Crippen molar-refractivity contribution in [2.24, 2.45) is 0 Å². The molecule has 1 aliphatic rings. The van der Waals surface area contributed by atoms with E-state index in [9.17, 15) is 35.1 Å². The summed E-state index contributed by atoms with van der Waals surface area (Å²) in [6.07, 6.45) is 60.8. The van der Waals surface area contributed by atoms with Crippen LogP contribution in [-0.2, 0) is 23.8 Å². The second-order valence-corrected chi connectivity index (χ2v) is 25.0. The molecule has 1 amide bonds. The fraction of sp³-hybridized carbons (Fsp3) is 0.915. The SMILES string of the molecule is CCCCCCCC/C=C/CCCCCCCCCCCCCCCCCC(=O)OC1C(OCC(NC(=O)C(O)CCCCCCCCCCCCCCCCCC)C(O)/C=C/CCCCCCCCCCCC)OC(CO)C(O)C1O. The summed E-state index contributed by atoms with van der Waals surface area (Å²) in [5.41, 5.74) is 0. The molecule has 1 rings (SSSR count). The molecule has 1 aliphatic heterocycles. The van der Waals surface area contributed by atoms with Crippen LogP contribution in [0.5, 0.6) is 0 Å². The molecular formula is C71H135NO10. The Kier molecular flexibility index (Phi) is 56.7. The maximum Gasteiger partial charge on any atom is 0.306 e. The number of hydrogen-bond donors (Lipinski definition) is 6. The summed E-state index contributed by atoms with van der Waals surface area (Å²) in [6.45, 7) is 5.84. The Morgan fingerprint density at radius 2 is 0.805 bits per heavy atom. The lowest BCUT2D eigenvalue weighted by Crippen LogP contribution is -2.61. The van der Waals surface area contributed by atoms with Gasteiger partial charge in [-0.15, -0.1) is 0 Å². The van der Waals surface area contributed by atoms with Crippen LogP contribution >= 0.6 is 0 Å². The van der Waals surface area contributed by atoms with Crippen LogP contribution in [0.4, 0.5) is 0 Å². The number of amides is 1. The summed E-state index contributed by atoms with van der Waals surface area (Å²) < 4.78 is 17.7. The number of nitrogens with one attached hydrogen (secondary N) is 1. The first-order chi connectivity index (χ1) is 40.2. The van der Waals surface area contributed by atoms with Crippen LogP contribution in [0, 0.1) is 0 Å². The monoisotopic (exact) mass is 1160 g/mol. The molecule has 0 aromatic heterocycles. The van der Waals surface area contributed by atoms with Gasteiger partial charge in [0.2, 0.25) is 5.91 Å². The van der Waals surface area contributed by atoms with Gasteiger partial charge in [0.1, 0.15) is 24.4 Å². The first-order valence-corrected chi connectivity index (χ1v) is 35.6. The van der Waals surface area contributed by atoms with Gasteiger partial charge in [-0.3, -0.25) is 9.59 Å². The predicted molar refractivity (Wildman–Crippen MR) is 343 cm³/mol. The molecule has 0 spiro atoms. The van der Waals surface area contributed by atoms with Crippen LogP contribution in [-0.4, -0.2) is 99.6 Å². The number of esters is 1. The van der Waals surface area contributed by atoms with Gasteiger partial charge >= 0.3 is 5.97 Å². The number of aliphatic hydroxyl groups excluding tert-OH is 5. The molecule has 11 nitrogen and oxygen atoms in total. The highest BCUT2D eigenvalue weighted by Gasteiger charge is 2.47. The summed E-state index contributed by atoms with van der Waals surface area (Å²) in [6, 6.07) is -1.02. The van der Waals surface area contributed by atoms with Crippen LogP contribution in [0.2, 0.25) is 0 Å².